The van der Waals surface area contributed by atoms with Gasteiger partial charge in [-0.25, -0.2) is 8.42 Å². The van der Waals surface area contributed by atoms with Gasteiger partial charge in [0.05, 0.1) is 12.0 Å². The number of methoxy groups -OCH3 is 1. The summed E-state index contributed by atoms with van der Waals surface area (Å²) >= 11 is 0. The van der Waals surface area contributed by atoms with Crippen LogP contribution in [-0.4, -0.2) is 34.0 Å². The molecule has 1 aromatic rings. The van der Waals surface area contributed by atoms with Crippen LogP contribution in [0.3, 0.4) is 0 Å². The first-order valence-electron chi connectivity index (χ1n) is 7.52. The van der Waals surface area contributed by atoms with Crippen LogP contribution in [0.1, 0.15) is 30.4 Å². The number of amides is 1. The molecule has 7 heteroatoms. The first kappa shape index (κ1) is 15.3. The summed E-state index contributed by atoms with van der Waals surface area (Å²) in [7, 11) is -2.11. The van der Waals surface area contributed by atoms with E-state index in [1.165, 1.54) is 0 Å². The van der Waals surface area contributed by atoms with E-state index in [4.69, 9.17) is 4.74 Å². The monoisotopic (exact) mass is 324 g/mol. The van der Waals surface area contributed by atoms with Gasteiger partial charge in [0, 0.05) is 6.54 Å². The molecule has 1 fully saturated rings. The smallest absolute Gasteiger partial charge is 0.241 e. The van der Waals surface area contributed by atoms with Gasteiger partial charge in [0.25, 0.3) is 0 Å². The first-order valence-corrected chi connectivity index (χ1v) is 9.00. The molecule has 120 valence electrons. The highest BCUT2D eigenvalue weighted by atomic mass is 32.2. The van der Waals surface area contributed by atoms with Gasteiger partial charge in [-0.3, -0.25) is 4.79 Å². The van der Waals surface area contributed by atoms with Crippen LogP contribution in [-0.2, 0) is 27.7 Å². The minimum absolute atomic E-state index is 0.258. The van der Waals surface area contributed by atoms with E-state index in [1.807, 2.05) is 0 Å². The zero-order valence-electron chi connectivity index (χ0n) is 12.5. The van der Waals surface area contributed by atoms with Crippen molar-refractivity contribution in [2.24, 2.45) is 0 Å². The average molecular weight is 324 g/mol. The van der Waals surface area contributed by atoms with Gasteiger partial charge < -0.3 is 10.1 Å². The third kappa shape index (κ3) is 2.70. The van der Waals surface area contributed by atoms with Crippen molar-refractivity contribution in [1.82, 2.24) is 10.0 Å². The van der Waals surface area contributed by atoms with Crippen molar-refractivity contribution in [3.05, 3.63) is 23.3 Å². The largest absolute Gasteiger partial charge is 0.496 e. The van der Waals surface area contributed by atoms with Gasteiger partial charge in [0.1, 0.15) is 11.8 Å². The molecule has 0 aromatic heterocycles. The Morgan fingerprint density at radius 2 is 1.95 bits per heavy atom. The number of rotatable bonds is 4. The quantitative estimate of drug-likeness (QED) is 0.855. The van der Waals surface area contributed by atoms with Crippen LogP contribution in [0.25, 0.3) is 0 Å². The first-order chi connectivity index (χ1) is 10.5. The van der Waals surface area contributed by atoms with Crippen molar-refractivity contribution in [3.63, 3.8) is 0 Å². The number of ether oxygens (including phenoxy) is 1. The molecule has 1 aromatic carbocycles. The van der Waals surface area contributed by atoms with Crippen molar-refractivity contribution in [2.45, 2.75) is 43.0 Å². The molecule has 0 saturated carbocycles. The zero-order valence-corrected chi connectivity index (χ0v) is 13.3. The van der Waals surface area contributed by atoms with E-state index in [-0.39, 0.29) is 10.8 Å². The molecule has 6 nitrogen and oxygen atoms in total. The van der Waals surface area contributed by atoms with Gasteiger partial charge in [0.15, 0.2) is 0 Å². The van der Waals surface area contributed by atoms with Crippen molar-refractivity contribution in [3.8, 4) is 5.75 Å². The van der Waals surface area contributed by atoms with Gasteiger partial charge in [0.2, 0.25) is 15.9 Å². The standard InChI is InChI=1S/C15H20N2O4S/c1-21-13-6-7-14(11-5-3-2-4-10(11)13)22(19,20)17-12-8-9-16-15(12)18/h6-7,12,17H,2-5,8-9H2,1H3,(H,16,18)/t12-/m1/s1. The summed E-state index contributed by atoms with van der Waals surface area (Å²) < 4.78 is 33.2. The molecule has 0 radical (unpaired) electrons. The predicted molar refractivity (Wildman–Crippen MR) is 81.4 cm³/mol. The van der Waals surface area contributed by atoms with Crippen molar-refractivity contribution in [2.75, 3.05) is 13.7 Å². The van der Waals surface area contributed by atoms with E-state index >= 15 is 0 Å². The van der Waals surface area contributed by atoms with Crippen molar-refractivity contribution < 1.29 is 17.9 Å². The number of nitrogens with one attached hydrogen (secondary N) is 2. The fourth-order valence-electron chi connectivity index (χ4n) is 3.20. The van der Waals surface area contributed by atoms with Crippen LogP contribution in [0.15, 0.2) is 17.0 Å². The number of sulfonamides is 1. The van der Waals surface area contributed by atoms with E-state index in [9.17, 15) is 13.2 Å². The third-order valence-electron chi connectivity index (χ3n) is 4.30. The summed E-state index contributed by atoms with van der Waals surface area (Å²) in [5.74, 6) is 0.484. The van der Waals surface area contributed by atoms with Gasteiger partial charge in [-0.1, -0.05) is 0 Å². The minimum Gasteiger partial charge on any atom is -0.496 e. The second-order valence-corrected chi connectivity index (χ2v) is 7.37. The Bertz CT molecular complexity index is 700. The van der Waals surface area contributed by atoms with E-state index in [0.29, 0.717) is 13.0 Å². The number of benzene rings is 1. The Hall–Kier alpha value is -1.60. The third-order valence-corrected chi connectivity index (χ3v) is 5.86. The normalized spacial score (nSPS) is 21.3. The van der Waals surface area contributed by atoms with Crippen molar-refractivity contribution in [1.29, 1.82) is 0 Å². The predicted octanol–water partition coefficient (Wildman–Crippen LogP) is 0.741. The van der Waals surface area contributed by atoms with Crippen LogP contribution in [0.5, 0.6) is 5.75 Å². The summed E-state index contributed by atoms with van der Waals surface area (Å²) in [5.41, 5.74) is 1.81. The van der Waals surface area contributed by atoms with Crippen LogP contribution < -0.4 is 14.8 Å². The summed E-state index contributed by atoms with van der Waals surface area (Å²) in [5, 5.41) is 2.64. The van der Waals surface area contributed by atoms with Crippen LogP contribution in [0.2, 0.25) is 0 Å². The van der Waals surface area contributed by atoms with E-state index < -0.39 is 16.1 Å². The lowest BCUT2D eigenvalue weighted by molar-refractivity contribution is -0.120. The summed E-state index contributed by atoms with van der Waals surface area (Å²) in [6.45, 7) is 0.507. The van der Waals surface area contributed by atoms with Gasteiger partial charge >= 0.3 is 0 Å². The fraction of sp³-hybridized carbons (Fsp3) is 0.533. The molecule has 22 heavy (non-hydrogen) atoms. The molecule has 1 saturated heterocycles. The second-order valence-electron chi connectivity index (χ2n) is 5.68. The lowest BCUT2D eigenvalue weighted by Gasteiger charge is -2.22. The van der Waals surface area contributed by atoms with E-state index in [1.54, 1.807) is 19.2 Å². The molecule has 1 atom stereocenters. The van der Waals surface area contributed by atoms with E-state index in [2.05, 4.69) is 10.0 Å². The molecule has 1 amide bonds. The lowest BCUT2D eigenvalue weighted by Crippen LogP contribution is -2.40. The second kappa shape index (κ2) is 5.89. The van der Waals surface area contributed by atoms with Crippen molar-refractivity contribution >= 4 is 15.9 Å². The molecular weight excluding hydrogens is 304 g/mol. The number of hydrogen-bond acceptors (Lipinski definition) is 4. The molecule has 1 aliphatic carbocycles. The van der Waals surface area contributed by atoms with Crippen LogP contribution >= 0.6 is 0 Å². The van der Waals surface area contributed by atoms with Gasteiger partial charge in [-0.2, -0.15) is 4.72 Å². The minimum atomic E-state index is -3.71. The summed E-state index contributed by atoms with van der Waals surface area (Å²) in [6.07, 6.45) is 4.03. The molecule has 1 aliphatic heterocycles. The molecule has 2 N–H and O–H groups in total. The Kier molecular flexibility index (Phi) is 4.10. The topological polar surface area (TPSA) is 84.5 Å². The highest BCUT2D eigenvalue weighted by Crippen LogP contribution is 2.34. The average Bonchev–Trinajstić information content (AvgIpc) is 2.90. The Morgan fingerprint density at radius 3 is 2.59 bits per heavy atom. The summed E-state index contributed by atoms with van der Waals surface area (Å²) in [4.78, 5) is 11.9. The van der Waals surface area contributed by atoms with Crippen LogP contribution in [0.4, 0.5) is 0 Å². The maximum absolute atomic E-state index is 12.7. The molecule has 0 unspecified atom stereocenters. The van der Waals surface area contributed by atoms with Gasteiger partial charge in [-0.05, 0) is 55.4 Å². The number of carbonyl (C=O) groups is 1. The molecule has 3 rings (SSSR count). The zero-order chi connectivity index (χ0) is 15.7. The Balaban J connectivity index is 1.98. The molecule has 1 heterocycles. The molecule has 2 aliphatic rings. The van der Waals surface area contributed by atoms with E-state index in [0.717, 1.165) is 42.6 Å². The van der Waals surface area contributed by atoms with Gasteiger partial charge in [-0.15, -0.1) is 0 Å². The fourth-order valence-corrected chi connectivity index (χ4v) is 4.73. The Morgan fingerprint density at radius 1 is 1.23 bits per heavy atom. The van der Waals surface area contributed by atoms with Crippen LogP contribution in [0, 0.1) is 0 Å². The lowest BCUT2D eigenvalue weighted by atomic mass is 9.91. The number of carbonyl (C=O) groups excluding carboxylic acids is 1. The number of hydrogen-bond donors (Lipinski definition) is 2. The SMILES string of the molecule is COc1ccc(S(=O)(=O)N[C@@H]2CCNC2=O)c2c1CCCC2. The maximum Gasteiger partial charge on any atom is 0.241 e. The summed E-state index contributed by atoms with van der Waals surface area (Å²) in [6, 6.07) is 2.61. The molecule has 0 spiro atoms. The molecular formula is C15H20N2O4S. The highest BCUT2D eigenvalue weighted by Gasteiger charge is 2.31. The Labute approximate surface area is 130 Å². The maximum atomic E-state index is 12.7. The molecule has 0 bridgehead atoms. The highest BCUT2D eigenvalue weighted by molar-refractivity contribution is 7.89. The number of fused-ring (bicyclic) bond motifs is 1.